The first-order valence-electron chi connectivity index (χ1n) is 7.40. The molecule has 0 saturated carbocycles. The van der Waals surface area contributed by atoms with E-state index < -0.39 is 0 Å². The molecule has 2 aromatic rings. The molecule has 2 rings (SSSR count). The Balaban J connectivity index is 1.63. The fourth-order valence-electron chi connectivity index (χ4n) is 1.94. The second-order valence-corrected chi connectivity index (χ2v) is 4.98. The van der Waals surface area contributed by atoms with E-state index in [1.807, 2.05) is 31.2 Å². The van der Waals surface area contributed by atoms with Gasteiger partial charge in [0.1, 0.15) is 23.9 Å². The van der Waals surface area contributed by atoms with Gasteiger partial charge < -0.3 is 19.5 Å². The zero-order valence-electron chi connectivity index (χ0n) is 13.4. The minimum Gasteiger partial charge on any atom is -0.497 e. The summed E-state index contributed by atoms with van der Waals surface area (Å²) in [6, 6.07) is 14.9. The third-order valence-corrected chi connectivity index (χ3v) is 3.11. The highest BCUT2D eigenvalue weighted by atomic mass is 16.5. The number of hydrogen-bond donors (Lipinski definition) is 1. The van der Waals surface area contributed by atoms with E-state index in [1.54, 1.807) is 31.4 Å². The number of nitrogens with one attached hydrogen (secondary N) is 1. The van der Waals surface area contributed by atoms with Crippen molar-refractivity contribution in [2.24, 2.45) is 0 Å². The number of aryl methyl sites for hydroxylation is 1. The molecule has 1 N–H and O–H groups in total. The first-order chi connectivity index (χ1) is 11.2. The van der Waals surface area contributed by atoms with Crippen molar-refractivity contribution < 1.29 is 19.0 Å². The Hall–Kier alpha value is -2.69. The predicted octanol–water partition coefficient (Wildman–Crippen LogP) is 2.58. The van der Waals surface area contributed by atoms with E-state index in [1.165, 1.54) is 0 Å². The normalized spacial score (nSPS) is 10.0. The van der Waals surface area contributed by atoms with Crippen LogP contribution in [0.25, 0.3) is 0 Å². The molecule has 0 radical (unpaired) electrons. The summed E-state index contributed by atoms with van der Waals surface area (Å²) in [7, 11) is 1.60. The summed E-state index contributed by atoms with van der Waals surface area (Å²) in [4.78, 5) is 11.7. The van der Waals surface area contributed by atoms with Gasteiger partial charge in [0, 0.05) is 0 Å². The van der Waals surface area contributed by atoms with Gasteiger partial charge in [-0.15, -0.1) is 0 Å². The highest BCUT2D eigenvalue weighted by Crippen LogP contribution is 2.16. The van der Waals surface area contributed by atoms with E-state index in [2.05, 4.69) is 5.32 Å². The van der Waals surface area contributed by atoms with Crippen molar-refractivity contribution >= 4 is 5.91 Å². The fourth-order valence-corrected chi connectivity index (χ4v) is 1.94. The Morgan fingerprint density at radius 1 is 1.00 bits per heavy atom. The van der Waals surface area contributed by atoms with Crippen molar-refractivity contribution in [2.45, 2.75) is 6.92 Å². The van der Waals surface area contributed by atoms with Crippen LogP contribution in [0.2, 0.25) is 0 Å². The van der Waals surface area contributed by atoms with E-state index in [0.29, 0.717) is 18.9 Å². The maximum atomic E-state index is 11.7. The summed E-state index contributed by atoms with van der Waals surface area (Å²) < 4.78 is 16.0. The van der Waals surface area contributed by atoms with Crippen molar-refractivity contribution in [3.05, 3.63) is 54.1 Å². The van der Waals surface area contributed by atoms with Gasteiger partial charge >= 0.3 is 0 Å². The first kappa shape index (κ1) is 16.7. The Morgan fingerprint density at radius 3 is 2.43 bits per heavy atom. The lowest BCUT2D eigenvalue weighted by atomic mass is 10.2. The van der Waals surface area contributed by atoms with Crippen LogP contribution in [-0.4, -0.2) is 32.8 Å². The van der Waals surface area contributed by atoms with Crippen LogP contribution in [0.3, 0.4) is 0 Å². The van der Waals surface area contributed by atoms with Crippen LogP contribution in [0.1, 0.15) is 5.56 Å². The Kier molecular flexibility index (Phi) is 6.29. The second kappa shape index (κ2) is 8.68. The molecule has 0 aliphatic rings. The molecule has 5 nitrogen and oxygen atoms in total. The molecule has 122 valence electrons. The molecule has 0 heterocycles. The third-order valence-electron chi connectivity index (χ3n) is 3.11. The molecule has 0 aliphatic carbocycles. The summed E-state index contributed by atoms with van der Waals surface area (Å²) >= 11 is 0. The van der Waals surface area contributed by atoms with Gasteiger partial charge in [-0.25, -0.2) is 0 Å². The standard InChI is InChI=1S/C18H21NO4/c1-14-4-3-5-17(12-14)22-11-10-19-18(20)13-23-16-8-6-15(21-2)7-9-16/h3-9,12H,10-11,13H2,1-2H3,(H,19,20). The summed E-state index contributed by atoms with van der Waals surface area (Å²) in [5, 5.41) is 2.75. The van der Waals surface area contributed by atoms with Gasteiger partial charge in [0.05, 0.1) is 13.7 Å². The van der Waals surface area contributed by atoms with Gasteiger partial charge in [-0.2, -0.15) is 0 Å². The number of ether oxygens (including phenoxy) is 3. The molecule has 2 aromatic carbocycles. The van der Waals surface area contributed by atoms with Gasteiger partial charge in [0.25, 0.3) is 5.91 Å². The highest BCUT2D eigenvalue weighted by Gasteiger charge is 2.03. The van der Waals surface area contributed by atoms with Crippen molar-refractivity contribution in [3.63, 3.8) is 0 Å². The van der Waals surface area contributed by atoms with Gasteiger partial charge in [-0.05, 0) is 48.9 Å². The zero-order chi connectivity index (χ0) is 16.5. The first-order valence-corrected chi connectivity index (χ1v) is 7.40. The number of benzene rings is 2. The minimum absolute atomic E-state index is 0.0310. The molecule has 0 bridgehead atoms. The summed E-state index contributed by atoms with van der Waals surface area (Å²) in [6.45, 7) is 2.82. The monoisotopic (exact) mass is 315 g/mol. The number of methoxy groups -OCH3 is 1. The molecule has 0 saturated heterocycles. The van der Waals surface area contributed by atoms with Crippen LogP contribution in [0.4, 0.5) is 0 Å². The predicted molar refractivity (Wildman–Crippen MR) is 88.2 cm³/mol. The maximum Gasteiger partial charge on any atom is 0.258 e. The molecule has 0 aromatic heterocycles. The summed E-state index contributed by atoms with van der Waals surface area (Å²) in [5.74, 6) is 1.98. The second-order valence-electron chi connectivity index (χ2n) is 4.98. The minimum atomic E-state index is -0.186. The fraction of sp³-hybridized carbons (Fsp3) is 0.278. The van der Waals surface area contributed by atoms with Crippen molar-refractivity contribution in [2.75, 3.05) is 26.9 Å². The topological polar surface area (TPSA) is 56.8 Å². The Labute approximate surface area is 136 Å². The Morgan fingerprint density at radius 2 is 1.74 bits per heavy atom. The van der Waals surface area contributed by atoms with E-state index >= 15 is 0 Å². The number of hydrogen-bond acceptors (Lipinski definition) is 4. The lowest BCUT2D eigenvalue weighted by Gasteiger charge is -2.09. The number of carbonyl (C=O) groups is 1. The van der Waals surface area contributed by atoms with E-state index in [9.17, 15) is 4.79 Å². The van der Waals surface area contributed by atoms with Crippen LogP contribution < -0.4 is 19.5 Å². The molecule has 23 heavy (non-hydrogen) atoms. The molecule has 1 amide bonds. The lowest BCUT2D eigenvalue weighted by Crippen LogP contribution is -2.32. The van der Waals surface area contributed by atoms with Crippen LogP contribution >= 0.6 is 0 Å². The smallest absolute Gasteiger partial charge is 0.258 e. The van der Waals surface area contributed by atoms with Crippen molar-refractivity contribution in [1.29, 1.82) is 0 Å². The third kappa shape index (κ3) is 5.90. The molecular weight excluding hydrogens is 294 g/mol. The SMILES string of the molecule is COc1ccc(OCC(=O)NCCOc2cccc(C)c2)cc1. The number of amides is 1. The average molecular weight is 315 g/mol. The van der Waals surface area contributed by atoms with Crippen molar-refractivity contribution in [1.82, 2.24) is 5.32 Å². The molecule has 0 spiro atoms. The van der Waals surface area contributed by atoms with Gasteiger partial charge in [-0.1, -0.05) is 12.1 Å². The van der Waals surface area contributed by atoms with Gasteiger partial charge in [0.2, 0.25) is 0 Å². The lowest BCUT2D eigenvalue weighted by molar-refractivity contribution is -0.123. The average Bonchev–Trinajstić information content (AvgIpc) is 2.57. The number of carbonyl (C=O) groups excluding carboxylic acids is 1. The quantitative estimate of drug-likeness (QED) is 0.761. The van der Waals surface area contributed by atoms with Gasteiger partial charge in [0.15, 0.2) is 6.61 Å². The van der Waals surface area contributed by atoms with Crippen LogP contribution in [0.15, 0.2) is 48.5 Å². The van der Waals surface area contributed by atoms with E-state index in [0.717, 1.165) is 17.1 Å². The zero-order valence-corrected chi connectivity index (χ0v) is 13.4. The van der Waals surface area contributed by atoms with Gasteiger partial charge in [-0.3, -0.25) is 4.79 Å². The number of rotatable bonds is 8. The van der Waals surface area contributed by atoms with E-state index in [4.69, 9.17) is 14.2 Å². The van der Waals surface area contributed by atoms with Crippen molar-refractivity contribution in [3.8, 4) is 17.2 Å². The van der Waals surface area contributed by atoms with E-state index in [-0.39, 0.29) is 12.5 Å². The summed E-state index contributed by atoms with van der Waals surface area (Å²) in [6.07, 6.45) is 0. The highest BCUT2D eigenvalue weighted by molar-refractivity contribution is 5.77. The Bertz CT molecular complexity index is 625. The molecule has 0 unspecified atom stereocenters. The summed E-state index contributed by atoms with van der Waals surface area (Å²) in [5.41, 5.74) is 1.14. The van der Waals surface area contributed by atoms with Crippen LogP contribution in [0.5, 0.6) is 17.2 Å². The molecule has 0 fully saturated rings. The molecule has 5 heteroatoms. The molecular formula is C18H21NO4. The largest absolute Gasteiger partial charge is 0.497 e. The molecule has 0 atom stereocenters. The van der Waals surface area contributed by atoms with Crippen LogP contribution in [-0.2, 0) is 4.79 Å². The maximum absolute atomic E-state index is 11.7. The molecule has 0 aliphatic heterocycles. The van der Waals surface area contributed by atoms with Crippen LogP contribution in [0, 0.1) is 6.92 Å².